The van der Waals surface area contributed by atoms with Crippen molar-refractivity contribution in [1.29, 1.82) is 0 Å². The summed E-state index contributed by atoms with van der Waals surface area (Å²) in [6.45, 7) is 6.15. The SMILES string of the molecule is CCc1ccccc1NC(=O)[C@@H](CC)Sc1nnc(CC)n2c1cc1occc12. The molecule has 0 bridgehead atoms. The van der Waals surface area contributed by atoms with Crippen LogP contribution in [0.15, 0.2) is 52.1 Å². The summed E-state index contributed by atoms with van der Waals surface area (Å²) in [6.07, 6.45) is 3.99. The number of carbonyl (C=O) groups is 1. The zero-order chi connectivity index (χ0) is 20.4. The predicted molar refractivity (Wildman–Crippen MR) is 117 cm³/mol. The molecule has 1 atom stereocenters. The van der Waals surface area contributed by atoms with E-state index in [0.29, 0.717) is 6.42 Å². The van der Waals surface area contributed by atoms with Crippen LogP contribution in [0.5, 0.6) is 0 Å². The average molecular weight is 409 g/mol. The van der Waals surface area contributed by atoms with Crippen LogP contribution in [0.2, 0.25) is 0 Å². The Morgan fingerprint density at radius 1 is 1.14 bits per heavy atom. The number of amides is 1. The first kappa shape index (κ1) is 19.5. The molecule has 0 spiro atoms. The largest absolute Gasteiger partial charge is 0.463 e. The molecule has 150 valence electrons. The van der Waals surface area contributed by atoms with Gasteiger partial charge in [-0.2, -0.15) is 0 Å². The maximum atomic E-state index is 13.0. The van der Waals surface area contributed by atoms with Crippen molar-refractivity contribution in [3.8, 4) is 0 Å². The summed E-state index contributed by atoms with van der Waals surface area (Å²) in [4.78, 5) is 13.0. The van der Waals surface area contributed by atoms with Crippen LogP contribution < -0.4 is 5.32 Å². The number of hydrogen-bond acceptors (Lipinski definition) is 5. The van der Waals surface area contributed by atoms with Gasteiger partial charge in [0.25, 0.3) is 0 Å². The van der Waals surface area contributed by atoms with Crippen molar-refractivity contribution in [3.63, 3.8) is 0 Å². The van der Waals surface area contributed by atoms with Crippen molar-refractivity contribution >= 4 is 40.0 Å². The lowest BCUT2D eigenvalue weighted by Gasteiger charge is -2.16. The molecule has 0 unspecified atom stereocenters. The molecule has 0 radical (unpaired) electrons. The number of aryl methyl sites for hydroxylation is 2. The van der Waals surface area contributed by atoms with Gasteiger partial charge in [0.2, 0.25) is 5.91 Å². The minimum atomic E-state index is -0.272. The van der Waals surface area contributed by atoms with E-state index in [-0.39, 0.29) is 11.2 Å². The van der Waals surface area contributed by atoms with E-state index in [9.17, 15) is 4.79 Å². The van der Waals surface area contributed by atoms with Gasteiger partial charge >= 0.3 is 0 Å². The van der Waals surface area contributed by atoms with Crippen LogP contribution in [-0.4, -0.2) is 25.8 Å². The second-order valence-electron chi connectivity index (χ2n) is 6.82. The summed E-state index contributed by atoms with van der Waals surface area (Å²) < 4.78 is 7.65. The summed E-state index contributed by atoms with van der Waals surface area (Å²) >= 11 is 1.45. The Morgan fingerprint density at radius 3 is 2.72 bits per heavy atom. The minimum Gasteiger partial charge on any atom is -0.463 e. The Kier molecular flexibility index (Phi) is 5.58. The zero-order valence-electron chi connectivity index (χ0n) is 16.8. The van der Waals surface area contributed by atoms with E-state index in [1.807, 2.05) is 43.3 Å². The molecule has 0 saturated heterocycles. The quantitative estimate of drug-likeness (QED) is 0.430. The van der Waals surface area contributed by atoms with Crippen LogP contribution in [-0.2, 0) is 17.6 Å². The fraction of sp³-hybridized carbons (Fsp3) is 0.318. The monoisotopic (exact) mass is 408 g/mol. The molecule has 4 aromatic rings. The molecule has 7 heteroatoms. The lowest BCUT2D eigenvalue weighted by atomic mass is 10.1. The highest BCUT2D eigenvalue weighted by Gasteiger charge is 2.23. The zero-order valence-corrected chi connectivity index (χ0v) is 17.6. The van der Waals surface area contributed by atoms with E-state index in [1.54, 1.807) is 6.26 Å². The third kappa shape index (κ3) is 3.62. The third-order valence-corrected chi connectivity index (χ3v) is 6.39. The van der Waals surface area contributed by atoms with Crippen molar-refractivity contribution in [2.24, 2.45) is 0 Å². The van der Waals surface area contributed by atoms with E-state index in [1.165, 1.54) is 11.8 Å². The third-order valence-electron chi connectivity index (χ3n) is 5.05. The molecule has 0 fully saturated rings. The Hall–Kier alpha value is -2.80. The lowest BCUT2D eigenvalue weighted by molar-refractivity contribution is -0.115. The summed E-state index contributed by atoms with van der Waals surface area (Å²) in [6, 6.07) is 11.8. The van der Waals surface area contributed by atoms with Crippen molar-refractivity contribution in [2.75, 3.05) is 5.32 Å². The van der Waals surface area contributed by atoms with Crippen LogP contribution >= 0.6 is 11.8 Å². The first-order chi connectivity index (χ1) is 14.2. The number of nitrogens with zero attached hydrogens (tertiary/aromatic N) is 3. The highest BCUT2D eigenvalue weighted by atomic mass is 32.2. The van der Waals surface area contributed by atoms with E-state index in [4.69, 9.17) is 4.42 Å². The molecular formula is C22H24N4O2S. The summed E-state index contributed by atoms with van der Waals surface area (Å²) in [5.74, 6) is 0.850. The van der Waals surface area contributed by atoms with Gasteiger partial charge in [0, 0.05) is 24.2 Å². The summed E-state index contributed by atoms with van der Waals surface area (Å²) in [5, 5.41) is 12.4. The van der Waals surface area contributed by atoms with Gasteiger partial charge < -0.3 is 9.73 Å². The molecule has 1 aromatic carbocycles. The minimum absolute atomic E-state index is 0.0202. The number of furan rings is 1. The van der Waals surface area contributed by atoms with Gasteiger partial charge in [-0.05, 0) is 24.5 Å². The van der Waals surface area contributed by atoms with Crippen LogP contribution in [0, 0.1) is 0 Å². The number of carbonyl (C=O) groups excluding carboxylic acids is 1. The number of thioether (sulfide) groups is 1. The van der Waals surface area contributed by atoms with Gasteiger partial charge in [-0.3, -0.25) is 9.20 Å². The first-order valence-corrected chi connectivity index (χ1v) is 10.8. The second-order valence-corrected chi connectivity index (χ2v) is 8.02. The van der Waals surface area contributed by atoms with Crippen LogP contribution in [0.3, 0.4) is 0 Å². The second kappa shape index (κ2) is 8.29. The van der Waals surface area contributed by atoms with Gasteiger partial charge in [-0.25, -0.2) is 0 Å². The highest BCUT2D eigenvalue weighted by Crippen LogP contribution is 2.32. The van der Waals surface area contributed by atoms with E-state index < -0.39 is 0 Å². The molecule has 0 aliphatic rings. The molecule has 0 aliphatic carbocycles. The molecule has 0 aliphatic heterocycles. The molecule has 6 nitrogen and oxygen atoms in total. The Labute approximate surface area is 173 Å². The number of fused-ring (bicyclic) bond motifs is 3. The van der Waals surface area contributed by atoms with E-state index in [0.717, 1.165) is 51.6 Å². The number of rotatable bonds is 7. The van der Waals surface area contributed by atoms with Gasteiger partial charge in [0.05, 0.1) is 22.5 Å². The number of hydrogen-bond donors (Lipinski definition) is 1. The lowest BCUT2D eigenvalue weighted by Crippen LogP contribution is -2.25. The highest BCUT2D eigenvalue weighted by molar-refractivity contribution is 8.00. The standard InChI is InChI=1S/C22H24N4O2S/c1-4-14-9-7-8-10-15(14)23-21(27)19(5-2)29-22-17-13-18-16(11-12-28-18)26(17)20(6-3)24-25-22/h7-13,19H,4-6H2,1-3H3,(H,23,27)/t19-/m1/s1. The molecular weight excluding hydrogens is 384 g/mol. The van der Waals surface area contributed by atoms with Crippen LogP contribution in [0.4, 0.5) is 5.69 Å². The number of para-hydroxylation sites is 1. The van der Waals surface area contributed by atoms with Gasteiger partial charge in [-0.1, -0.05) is 50.7 Å². The number of anilines is 1. The van der Waals surface area contributed by atoms with Crippen molar-refractivity contribution in [3.05, 3.63) is 54.0 Å². The summed E-state index contributed by atoms with van der Waals surface area (Å²) in [7, 11) is 0. The summed E-state index contributed by atoms with van der Waals surface area (Å²) in [5.41, 5.74) is 4.70. The Bertz CT molecular complexity index is 1160. The van der Waals surface area contributed by atoms with Crippen LogP contribution in [0.25, 0.3) is 16.6 Å². The fourth-order valence-corrected chi connectivity index (χ4v) is 4.45. The Balaban J connectivity index is 1.65. The van der Waals surface area contributed by atoms with Crippen molar-refractivity contribution < 1.29 is 9.21 Å². The maximum Gasteiger partial charge on any atom is 0.237 e. The number of aromatic nitrogens is 3. The molecule has 1 amide bonds. The average Bonchev–Trinajstić information content (AvgIpc) is 3.34. The maximum absolute atomic E-state index is 13.0. The van der Waals surface area contributed by atoms with Crippen molar-refractivity contribution in [1.82, 2.24) is 14.6 Å². The van der Waals surface area contributed by atoms with Crippen LogP contribution in [0.1, 0.15) is 38.6 Å². The number of nitrogens with one attached hydrogen (secondary N) is 1. The molecule has 4 rings (SSSR count). The Morgan fingerprint density at radius 2 is 1.97 bits per heavy atom. The van der Waals surface area contributed by atoms with Gasteiger partial charge in [0.1, 0.15) is 10.9 Å². The van der Waals surface area contributed by atoms with E-state index in [2.05, 4.69) is 33.8 Å². The topological polar surface area (TPSA) is 72.4 Å². The molecule has 3 aromatic heterocycles. The molecule has 3 heterocycles. The molecule has 1 N–H and O–H groups in total. The predicted octanol–water partition coefficient (Wildman–Crippen LogP) is 5.11. The van der Waals surface area contributed by atoms with E-state index >= 15 is 0 Å². The number of benzene rings is 1. The first-order valence-electron chi connectivity index (χ1n) is 9.95. The smallest absolute Gasteiger partial charge is 0.237 e. The normalized spacial score (nSPS) is 12.5. The van der Waals surface area contributed by atoms with Gasteiger partial charge in [-0.15, -0.1) is 10.2 Å². The molecule has 29 heavy (non-hydrogen) atoms. The van der Waals surface area contributed by atoms with Gasteiger partial charge in [0.15, 0.2) is 5.58 Å². The van der Waals surface area contributed by atoms with Crippen molar-refractivity contribution in [2.45, 2.75) is 50.3 Å². The molecule has 0 saturated carbocycles. The fourth-order valence-electron chi connectivity index (χ4n) is 3.49.